The van der Waals surface area contributed by atoms with Gasteiger partial charge in [0.2, 0.25) is 0 Å². The predicted molar refractivity (Wildman–Crippen MR) is 86.8 cm³/mol. The van der Waals surface area contributed by atoms with Gasteiger partial charge in [0.1, 0.15) is 0 Å². The van der Waals surface area contributed by atoms with Crippen LogP contribution < -0.4 is 0 Å². The maximum atomic E-state index is 13.9. The Hall–Kier alpha value is -2.13. The fourth-order valence-electron chi connectivity index (χ4n) is 3.86. The van der Waals surface area contributed by atoms with E-state index < -0.39 is 67.4 Å². The van der Waals surface area contributed by atoms with Crippen molar-refractivity contribution in [2.24, 2.45) is 0 Å². The second kappa shape index (κ2) is 6.50. The van der Waals surface area contributed by atoms with Crippen LogP contribution in [0.25, 0.3) is 0 Å². The third-order valence-corrected chi connectivity index (χ3v) is 8.03. The Labute approximate surface area is 177 Å². The second-order valence-electron chi connectivity index (χ2n) is 7.02. The summed E-state index contributed by atoms with van der Waals surface area (Å²) < 4.78 is 176. The smallest absolute Gasteiger partial charge is 0.244 e. The van der Waals surface area contributed by atoms with Gasteiger partial charge in [-0.2, -0.15) is 52.7 Å². The Morgan fingerprint density at radius 1 is 0.485 bits per heavy atom. The molecule has 0 aromatic heterocycles. The number of halogens is 12. The van der Waals surface area contributed by atoms with Crippen molar-refractivity contribution in [1.82, 2.24) is 0 Å². The molecule has 0 saturated heterocycles. The summed E-state index contributed by atoms with van der Waals surface area (Å²) in [5.74, 6) is 0. The average Bonchev–Trinajstić information content (AvgIpc) is 3.14. The molecule has 0 atom stereocenters. The number of hydrogen-bond donors (Lipinski definition) is 0. The lowest BCUT2D eigenvalue weighted by Crippen LogP contribution is -2.55. The van der Waals surface area contributed by atoms with E-state index in [1.54, 1.807) is 0 Å². The van der Waals surface area contributed by atoms with Crippen molar-refractivity contribution in [3.8, 4) is 0 Å². The van der Waals surface area contributed by atoms with Crippen molar-refractivity contribution in [2.45, 2.75) is 45.7 Å². The summed E-state index contributed by atoms with van der Waals surface area (Å²) in [5, 5.41) is 0. The molecule has 2 aliphatic heterocycles. The number of rotatable bonds is 0. The highest BCUT2D eigenvalue weighted by molar-refractivity contribution is 8.26. The second-order valence-corrected chi connectivity index (χ2v) is 9.24. The van der Waals surface area contributed by atoms with Crippen LogP contribution in [0.3, 0.4) is 0 Å². The largest absolute Gasteiger partial charge is 0.433 e. The van der Waals surface area contributed by atoms with Gasteiger partial charge in [0.05, 0.1) is 9.79 Å². The van der Waals surface area contributed by atoms with Gasteiger partial charge in [-0.05, 0) is 12.1 Å². The van der Waals surface area contributed by atoms with Crippen LogP contribution in [0, 0.1) is 0 Å². The number of hydrogen-bond acceptors (Lipinski definition) is 2. The van der Waals surface area contributed by atoms with Gasteiger partial charge in [0.15, 0.2) is 0 Å². The third kappa shape index (κ3) is 2.75. The standard InChI is InChI=1S/C18H8F12O2S/c19-15(20,21)13(16(22,23)24)9-5-1-3-7-11(9)33(31-13)12-8-4-2-6-10(12)14(32-33,17(25,26)27)18(28,29)30/h1-8H. The molecule has 2 aromatic rings. The minimum absolute atomic E-state index is 0.283. The molecule has 0 amide bonds. The lowest BCUT2D eigenvalue weighted by Gasteiger charge is -2.42. The lowest BCUT2D eigenvalue weighted by molar-refractivity contribution is -0.371. The topological polar surface area (TPSA) is 18.5 Å². The molecule has 0 radical (unpaired) electrons. The van der Waals surface area contributed by atoms with Gasteiger partial charge in [-0.3, -0.25) is 0 Å². The number of benzene rings is 2. The Balaban J connectivity index is 2.15. The summed E-state index contributed by atoms with van der Waals surface area (Å²) in [6.07, 6.45) is -25.3. The van der Waals surface area contributed by atoms with Gasteiger partial charge < -0.3 is 0 Å². The summed E-state index contributed by atoms with van der Waals surface area (Å²) in [5.41, 5.74) is -13.9. The van der Waals surface area contributed by atoms with Gasteiger partial charge in [-0.15, -0.1) is 10.6 Å². The number of alkyl halides is 12. The Kier molecular flexibility index (Phi) is 4.73. The molecule has 0 unspecified atom stereocenters. The Morgan fingerprint density at radius 3 is 1.03 bits per heavy atom. The zero-order valence-electron chi connectivity index (χ0n) is 15.4. The first-order valence-electron chi connectivity index (χ1n) is 8.57. The molecule has 182 valence electrons. The van der Waals surface area contributed by atoms with Crippen LogP contribution in [0.1, 0.15) is 11.1 Å². The van der Waals surface area contributed by atoms with Crippen LogP contribution in [-0.2, 0) is 19.6 Å². The van der Waals surface area contributed by atoms with E-state index in [1.165, 1.54) is 0 Å². The van der Waals surface area contributed by atoms with Gasteiger partial charge in [0.25, 0.3) is 0 Å². The van der Waals surface area contributed by atoms with Crippen LogP contribution in [0.4, 0.5) is 52.7 Å². The van der Waals surface area contributed by atoms with E-state index in [-0.39, 0.29) is 12.1 Å². The number of fused-ring (bicyclic) bond motifs is 4. The maximum absolute atomic E-state index is 13.9. The maximum Gasteiger partial charge on any atom is 0.433 e. The van der Waals surface area contributed by atoms with Crippen molar-refractivity contribution in [3.63, 3.8) is 0 Å². The molecule has 0 aliphatic carbocycles. The molecule has 0 bridgehead atoms. The van der Waals surface area contributed by atoms with Crippen molar-refractivity contribution >= 4 is 10.6 Å². The minimum Gasteiger partial charge on any atom is -0.244 e. The van der Waals surface area contributed by atoms with E-state index in [1.807, 2.05) is 0 Å². The van der Waals surface area contributed by atoms with Crippen molar-refractivity contribution in [1.29, 1.82) is 0 Å². The van der Waals surface area contributed by atoms with Crippen molar-refractivity contribution < 1.29 is 61.1 Å². The first kappa shape index (κ1) is 24.0. The van der Waals surface area contributed by atoms with E-state index >= 15 is 0 Å². The van der Waals surface area contributed by atoms with Crippen molar-refractivity contribution in [2.75, 3.05) is 0 Å². The summed E-state index contributed by atoms with van der Waals surface area (Å²) in [7, 11) is -5.07. The average molecular weight is 516 g/mol. The molecule has 0 saturated carbocycles. The van der Waals surface area contributed by atoms with E-state index in [4.69, 9.17) is 0 Å². The molecule has 2 heterocycles. The molecular weight excluding hydrogens is 508 g/mol. The quantitative estimate of drug-likeness (QED) is 0.339. The molecule has 2 nitrogen and oxygen atoms in total. The molecule has 15 heteroatoms. The molecule has 1 spiro atoms. The first-order valence-corrected chi connectivity index (χ1v) is 10.1. The first-order chi connectivity index (χ1) is 14.9. The molecule has 4 rings (SSSR count). The van der Waals surface area contributed by atoms with Gasteiger partial charge in [-0.25, -0.2) is 8.37 Å². The highest BCUT2D eigenvalue weighted by atomic mass is 32.3. The lowest BCUT2D eigenvalue weighted by atomic mass is 9.92. The fourth-order valence-corrected chi connectivity index (χ4v) is 7.27. The van der Waals surface area contributed by atoms with E-state index in [9.17, 15) is 52.7 Å². The summed E-state index contributed by atoms with van der Waals surface area (Å²) >= 11 is 0. The summed E-state index contributed by atoms with van der Waals surface area (Å²) in [6.45, 7) is 0. The van der Waals surface area contributed by atoms with E-state index in [0.29, 0.717) is 24.3 Å². The van der Waals surface area contributed by atoms with Gasteiger partial charge in [0, 0.05) is 11.1 Å². The Morgan fingerprint density at radius 2 is 0.758 bits per heavy atom. The third-order valence-electron chi connectivity index (χ3n) is 5.19. The van der Waals surface area contributed by atoms with Crippen LogP contribution >= 0.6 is 10.6 Å². The zero-order valence-corrected chi connectivity index (χ0v) is 16.2. The molecule has 33 heavy (non-hydrogen) atoms. The molecule has 0 N–H and O–H groups in total. The molecule has 0 fully saturated rings. The van der Waals surface area contributed by atoms with Gasteiger partial charge >= 0.3 is 35.9 Å². The Bertz CT molecular complexity index is 984. The highest BCUT2D eigenvalue weighted by Gasteiger charge is 2.84. The van der Waals surface area contributed by atoms with E-state index in [0.717, 1.165) is 12.1 Å². The van der Waals surface area contributed by atoms with Gasteiger partial charge in [-0.1, -0.05) is 36.4 Å². The zero-order chi connectivity index (χ0) is 24.9. The monoisotopic (exact) mass is 516 g/mol. The summed E-state index contributed by atoms with van der Waals surface area (Å²) in [4.78, 5) is -2.41. The van der Waals surface area contributed by atoms with Crippen LogP contribution in [0.5, 0.6) is 0 Å². The van der Waals surface area contributed by atoms with Crippen LogP contribution in [0.15, 0.2) is 58.3 Å². The highest BCUT2D eigenvalue weighted by Crippen LogP contribution is 2.84. The SMILES string of the molecule is FC(F)(F)C1(C(F)(F)F)OS2(OC(C(F)(F)F)(C(F)(F)F)c3ccccc32)c2ccccc21. The van der Waals surface area contributed by atoms with Crippen molar-refractivity contribution in [3.05, 3.63) is 59.7 Å². The predicted octanol–water partition coefficient (Wildman–Crippen LogP) is 7.44. The molecular formula is C18H8F12O2S. The molecule has 2 aliphatic rings. The van der Waals surface area contributed by atoms with Crippen LogP contribution in [0.2, 0.25) is 0 Å². The fraction of sp³-hybridized carbons (Fsp3) is 0.333. The van der Waals surface area contributed by atoms with E-state index in [2.05, 4.69) is 8.37 Å². The minimum atomic E-state index is -6.32. The molecule has 2 aromatic carbocycles. The normalized spacial score (nSPS) is 22.2. The van der Waals surface area contributed by atoms with Crippen LogP contribution in [-0.4, -0.2) is 24.7 Å². The summed E-state index contributed by atoms with van der Waals surface area (Å²) in [6, 6.07) is 4.77.